The normalized spacial score (nSPS) is 12.0. The number of aromatic amines is 1. The number of aromatic nitrogens is 2. The Hall–Kier alpha value is -2.37. The molecule has 0 fully saturated rings. The van der Waals surface area contributed by atoms with E-state index >= 15 is 0 Å². The first-order chi connectivity index (χ1) is 9.86. The van der Waals surface area contributed by atoms with Crippen LogP contribution in [0, 0.1) is 12.7 Å². The van der Waals surface area contributed by atoms with Gasteiger partial charge >= 0.3 is 6.18 Å². The second kappa shape index (κ2) is 4.58. The van der Waals surface area contributed by atoms with Crippen molar-refractivity contribution in [1.82, 2.24) is 9.97 Å². The fourth-order valence-electron chi connectivity index (χ4n) is 2.26. The van der Waals surface area contributed by atoms with Crippen LogP contribution in [0.5, 0.6) is 0 Å². The van der Waals surface area contributed by atoms with Crippen molar-refractivity contribution in [2.45, 2.75) is 13.1 Å². The zero-order valence-corrected chi connectivity index (χ0v) is 10.9. The predicted molar refractivity (Wildman–Crippen MR) is 71.2 cm³/mol. The van der Waals surface area contributed by atoms with E-state index in [2.05, 4.69) is 9.97 Å². The average molecular weight is 294 g/mol. The van der Waals surface area contributed by atoms with Crippen LogP contribution >= 0.6 is 0 Å². The second-order valence-electron chi connectivity index (χ2n) is 4.74. The van der Waals surface area contributed by atoms with E-state index in [1.165, 1.54) is 0 Å². The van der Waals surface area contributed by atoms with Gasteiger partial charge in [-0.05, 0) is 36.8 Å². The third kappa shape index (κ3) is 2.37. The van der Waals surface area contributed by atoms with E-state index in [9.17, 15) is 17.6 Å². The number of para-hydroxylation sites is 1. The summed E-state index contributed by atoms with van der Waals surface area (Å²) in [6.45, 7) is 1.81. The van der Waals surface area contributed by atoms with Gasteiger partial charge in [-0.25, -0.2) is 9.37 Å². The molecule has 2 aromatic carbocycles. The molecule has 1 N–H and O–H groups in total. The highest BCUT2D eigenvalue weighted by Gasteiger charge is 2.34. The third-order valence-electron chi connectivity index (χ3n) is 3.26. The third-order valence-corrected chi connectivity index (χ3v) is 3.26. The molecule has 0 spiro atoms. The maximum Gasteiger partial charge on any atom is 0.417 e. The molecule has 0 unspecified atom stereocenters. The van der Waals surface area contributed by atoms with Gasteiger partial charge in [0.1, 0.15) is 11.6 Å². The Morgan fingerprint density at radius 3 is 2.52 bits per heavy atom. The zero-order chi connectivity index (χ0) is 15.2. The number of alkyl halides is 3. The van der Waals surface area contributed by atoms with Crippen LogP contribution in [0.2, 0.25) is 0 Å². The van der Waals surface area contributed by atoms with Crippen LogP contribution in [0.25, 0.3) is 22.4 Å². The summed E-state index contributed by atoms with van der Waals surface area (Å²) in [5.74, 6) is -0.735. The molecule has 0 aliphatic carbocycles. The van der Waals surface area contributed by atoms with E-state index in [0.29, 0.717) is 11.0 Å². The number of nitrogens with one attached hydrogen (secondary N) is 1. The fraction of sp³-hybridized carbons (Fsp3) is 0.133. The second-order valence-corrected chi connectivity index (χ2v) is 4.74. The number of hydrogen-bond donors (Lipinski definition) is 1. The van der Waals surface area contributed by atoms with Crippen molar-refractivity contribution >= 4 is 11.0 Å². The van der Waals surface area contributed by atoms with Crippen molar-refractivity contribution in [2.75, 3.05) is 0 Å². The minimum atomic E-state index is -4.57. The quantitative estimate of drug-likeness (QED) is 0.648. The standard InChI is InChI=1S/C15H10F4N2/c1-8-3-2-4-12-13(8)21-14(20-12)10-7-9(16)5-6-11(10)15(17,18)19/h2-7H,1H3,(H,20,21). The number of fused-ring (bicyclic) bond motifs is 1. The number of H-pyrrole nitrogens is 1. The minimum absolute atomic E-state index is 0.00567. The van der Waals surface area contributed by atoms with Crippen molar-refractivity contribution < 1.29 is 17.6 Å². The molecular weight excluding hydrogens is 284 g/mol. The molecular formula is C15H10F4N2. The van der Waals surface area contributed by atoms with E-state index in [-0.39, 0.29) is 11.4 Å². The smallest absolute Gasteiger partial charge is 0.338 e. The Kier molecular flexibility index (Phi) is 2.97. The number of rotatable bonds is 1. The predicted octanol–water partition coefficient (Wildman–Crippen LogP) is 4.70. The maximum atomic E-state index is 13.3. The van der Waals surface area contributed by atoms with Gasteiger partial charge in [0, 0.05) is 5.56 Å². The highest BCUT2D eigenvalue weighted by Crippen LogP contribution is 2.37. The lowest BCUT2D eigenvalue weighted by Crippen LogP contribution is -2.07. The average Bonchev–Trinajstić information content (AvgIpc) is 2.82. The summed E-state index contributed by atoms with van der Waals surface area (Å²) in [6.07, 6.45) is -4.57. The number of halogens is 4. The van der Waals surface area contributed by atoms with E-state index in [1.54, 1.807) is 12.1 Å². The summed E-state index contributed by atoms with van der Waals surface area (Å²) in [5, 5.41) is 0. The van der Waals surface area contributed by atoms with Crippen LogP contribution in [0.4, 0.5) is 17.6 Å². The fourth-order valence-corrected chi connectivity index (χ4v) is 2.26. The van der Waals surface area contributed by atoms with Crippen LogP contribution in [0.15, 0.2) is 36.4 Å². The Bertz CT molecular complexity index is 818. The van der Waals surface area contributed by atoms with Crippen LogP contribution in [-0.4, -0.2) is 9.97 Å². The summed E-state index contributed by atoms with van der Waals surface area (Å²) < 4.78 is 52.5. The summed E-state index contributed by atoms with van der Waals surface area (Å²) in [6, 6.07) is 7.66. The Labute approximate surface area is 117 Å². The number of imidazole rings is 1. The lowest BCUT2D eigenvalue weighted by molar-refractivity contribution is -0.137. The zero-order valence-electron chi connectivity index (χ0n) is 10.9. The summed E-state index contributed by atoms with van der Waals surface area (Å²) in [7, 11) is 0. The van der Waals surface area contributed by atoms with Gasteiger partial charge in [-0.2, -0.15) is 13.2 Å². The Morgan fingerprint density at radius 2 is 1.86 bits per heavy atom. The van der Waals surface area contributed by atoms with Gasteiger partial charge in [-0.15, -0.1) is 0 Å². The molecule has 0 radical (unpaired) electrons. The van der Waals surface area contributed by atoms with Crippen molar-refractivity contribution in [2.24, 2.45) is 0 Å². The van der Waals surface area contributed by atoms with Crippen LogP contribution in [-0.2, 0) is 6.18 Å². The molecule has 108 valence electrons. The molecule has 0 bridgehead atoms. The first-order valence-electron chi connectivity index (χ1n) is 6.19. The molecule has 0 aliphatic heterocycles. The van der Waals surface area contributed by atoms with Crippen molar-refractivity contribution in [3.05, 3.63) is 53.3 Å². The van der Waals surface area contributed by atoms with Crippen LogP contribution in [0.3, 0.4) is 0 Å². The highest BCUT2D eigenvalue weighted by atomic mass is 19.4. The Balaban J connectivity index is 2.27. The van der Waals surface area contributed by atoms with Crippen molar-refractivity contribution in [1.29, 1.82) is 0 Å². The molecule has 0 atom stereocenters. The van der Waals surface area contributed by atoms with Crippen LogP contribution in [0.1, 0.15) is 11.1 Å². The molecule has 21 heavy (non-hydrogen) atoms. The number of benzene rings is 2. The molecule has 1 aromatic heterocycles. The molecule has 3 aromatic rings. The van der Waals surface area contributed by atoms with Gasteiger partial charge in [-0.1, -0.05) is 12.1 Å². The molecule has 3 rings (SSSR count). The minimum Gasteiger partial charge on any atom is -0.338 e. The Morgan fingerprint density at radius 1 is 1.10 bits per heavy atom. The van der Waals surface area contributed by atoms with Gasteiger partial charge in [-0.3, -0.25) is 0 Å². The lowest BCUT2D eigenvalue weighted by Gasteiger charge is -2.11. The molecule has 0 amide bonds. The van der Waals surface area contributed by atoms with Crippen molar-refractivity contribution in [3.8, 4) is 11.4 Å². The first-order valence-corrected chi connectivity index (χ1v) is 6.19. The van der Waals surface area contributed by atoms with E-state index < -0.39 is 17.6 Å². The van der Waals surface area contributed by atoms with E-state index in [1.807, 2.05) is 13.0 Å². The number of nitrogens with zero attached hydrogens (tertiary/aromatic N) is 1. The molecule has 0 aliphatic rings. The molecule has 2 nitrogen and oxygen atoms in total. The number of aryl methyl sites for hydroxylation is 1. The highest BCUT2D eigenvalue weighted by molar-refractivity contribution is 5.82. The van der Waals surface area contributed by atoms with E-state index in [4.69, 9.17) is 0 Å². The first kappa shape index (κ1) is 13.6. The summed E-state index contributed by atoms with van der Waals surface area (Å²) >= 11 is 0. The van der Waals surface area contributed by atoms with Crippen LogP contribution < -0.4 is 0 Å². The lowest BCUT2D eigenvalue weighted by atomic mass is 10.1. The SMILES string of the molecule is Cc1cccc2[nH]c(-c3cc(F)ccc3C(F)(F)F)nc12. The van der Waals surface area contributed by atoms with Gasteiger partial charge in [0.2, 0.25) is 0 Å². The summed E-state index contributed by atoms with van der Waals surface area (Å²) in [4.78, 5) is 6.99. The van der Waals surface area contributed by atoms with Gasteiger partial charge < -0.3 is 4.98 Å². The van der Waals surface area contributed by atoms with Crippen molar-refractivity contribution in [3.63, 3.8) is 0 Å². The topological polar surface area (TPSA) is 28.7 Å². The molecule has 6 heteroatoms. The van der Waals surface area contributed by atoms with Gasteiger partial charge in [0.15, 0.2) is 0 Å². The molecule has 1 heterocycles. The number of hydrogen-bond acceptors (Lipinski definition) is 1. The summed E-state index contributed by atoms with van der Waals surface area (Å²) in [5.41, 5.74) is 0.811. The molecule has 0 saturated heterocycles. The van der Waals surface area contributed by atoms with E-state index in [0.717, 1.165) is 23.8 Å². The monoisotopic (exact) mass is 294 g/mol. The molecule has 0 saturated carbocycles. The maximum absolute atomic E-state index is 13.3. The largest absolute Gasteiger partial charge is 0.417 e. The van der Waals surface area contributed by atoms with Gasteiger partial charge in [0.25, 0.3) is 0 Å². The van der Waals surface area contributed by atoms with Gasteiger partial charge in [0.05, 0.1) is 16.6 Å².